The van der Waals surface area contributed by atoms with E-state index in [2.05, 4.69) is 0 Å². The second-order valence-electron chi connectivity index (χ2n) is 3.54. The number of methoxy groups -OCH3 is 1. The zero-order valence-electron chi connectivity index (χ0n) is 7.29. The van der Waals surface area contributed by atoms with Crippen molar-refractivity contribution in [2.24, 2.45) is 5.92 Å². The van der Waals surface area contributed by atoms with E-state index < -0.39 is 0 Å². The average molecular weight is 170 g/mol. The molecule has 12 heavy (non-hydrogen) atoms. The van der Waals surface area contributed by atoms with Crippen molar-refractivity contribution in [2.45, 2.75) is 31.5 Å². The third kappa shape index (κ3) is 1.17. The number of Topliss-reactive ketones (excluding diaryl/α,β-unsaturated/α-hetero) is 1. The molecule has 2 fully saturated rings. The lowest BCUT2D eigenvalue weighted by molar-refractivity contribution is -0.127. The molecule has 2 aliphatic rings. The lowest BCUT2D eigenvalue weighted by atomic mass is 9.95. The van der Waals surface area contributed by atoms with E-state index in [9.17, 15) is 4.79 Å². The number of hydrogen-bond donors (Lipinski definition) is 0. The smallest absolute Gasteiger partial charge is 0.164 e. The van der Waals surface area contributed by atoms with Gasteiger partial charge in [-0.2, -0.15) is 0 Å². The largest absolute Gasteiger partial charge is 0.377 e. The molecule has 0 N–H and O–H groups in total. The maximum atomic E-state index is 11.4. The standard InChI is InChI=1S/C9H14O3/c1-11-9-6-3-2-4-12-8(6)5-7(9)10/h6,8-9H,2-5H2,1H3/t6-,8-,9+/m0/s1. The van der Waals surface area contributed by atoms with Crippen molar-refractivity contribution in [3.8, 4) is 0 Å². The Bertz CT molecular complexity index is 190. The molecule has 3 nitrogen and oxygen atoms in total. The summed E-state index contributed by atoms with van der Waals surface area (Å²) in [6.45, 7) is 0.810. The lowest BCUT2D eigenvalue weighted by Gasteiger charge is -2.27. The summed E-state index contributed by atoms with van der Waals surface area (Å²) in [5, 5.41) is 0. The summed E-state index contributed by atoms with van der Waals surface area (Å²) in [5.41, 5.74) is 0. The quantitative estimate of drug-likeness (QED) is 0.583. The minimum Gasteiger partial charge on any atom is -0.377 e. The van der Waals surface area contributed by atoms with Crippen LogP contribution in [0.25, 0.3) is 0 Å². The van der Waals surface area contributed by atoms with Crippen LogP contribution in [-0.2, 0) is 14.3 Å². The summed E-state index contributed by atoms with van der Waals surface area (Å²) in [6, 6.07) is 0. The third-order valence-electron chi connectivity index (χ3n) is 2.85. The van der Waals surface area contributed by atoms with Crippen molar-refractivity contribution in [3.05, 3.63) is 0 Å². The van der Waals surface area contributed by atoms with Gasteiger partial charge in [-0.05, 0) is 12.8 Å². The van der Waals surface area contributed by atoms with Crippen LogP contribution < -0.4 is 0 Å². The lowest BCUT2D eigenvalue weighted by Crippen LogP contribution is -2.32. The van der Waals surface area contributed by atoms with Gasteiger partial charge in [0.2, 0.25) is 0 Å². The van der Waals surface area contributed by atoms with Gasteiger partial charge >= 0.3 is 0 Å². The van der Waals surface area contributed by atoms with Crippen LogP contribution in [0.3, 0.4) is 0 Å². The molecule has 0 aromatic carbocycles. The fourth-order valence-electron chi connectivity index (χ4n) is 2.28. The first kappa shape index (κ1) is 8.20. The highest BCUT2D eigenvalue weighted by Crippen LogP contribution is 2.34. The van der Waals surface area contributed by atoms with E-state index in [-0.39, 0.29) is 18.0 Å². The zero-order valence-corrected chi connectivity index (χ0v) is 7.29. The minimum atomic E-state index is -0.185. The monoisotopic (exact) mass is 170 g/mol. The molecule has 2 rings (SSSR count). The normalized spacial score (nSPS) is 41.4. The molecule has 0 aromatic rings. The Hall–Kier alpha value is -0.410. The molecule has 1 saturated heterocycles. The van der Waals surface area contributed by atoms with Gasteiger partial charge in [-0.1, -0.05) is 0 Å². The molecule has 0 radical (unpaired) electrons. The van der Waals surface area contributed by atoms with Crippen molar-refractivity contribution < 1.29 is 14.3 Å². The topological polar surface area (TPSA) is 35.5 Å². The van der Waals surface area contributed by atoms with E-state index >= 15 is 0 Å². The van der Waals surface area contributed by atoms with Gasteiger partial charge in [-0.15, -0.1) is 0 Å². The van der Waals surface area contributed by atoms with Crippen LogP contribution in [0.5, 0.6) is 0 Å². The first-order valence-electron chi connectivity index (χ1n) is 4.50. The Labute approximate surface area is 72.0 Å². The fourth-order valence-corrected chi connectivity index (χ4v) is 2.28. The number of hydrogen-bond acceptors (Lipinski definition) is 3. The highest BCUT2D eigenvalue weighted by molar-refractivity contribution is 5.86. The van der Waals surface area contributed by atoms with Crippen LogP contribution in [-0.4, -0.2) is 31.7 Å². The molecule has 0 aromatic heterocycles. The van der Waals surface area contributed by atoms with Crippen LogP contribution >= 0.6 is 0 Å². The first-order valence-corrected chi connectivity index (χ1v) is 4.50. The minimum absolute atomic E-state index is 0.149. The summed E-state index contributed by atoms with van der Waals surface area (Å²) in [5.74, 6) is 0.547. The zero-order chi connectivity index (χ0) is 8.55. The molecule has 1 saturated carbocycles. The van der Waals surface area contributed by atoms with Crippen molar-refractivity contribution >= 4 is 5.78 Å². The Morgan fingerprint density at radius 1 is 1.58 bits per heavy atom. The summed E-state index contributed by atoms with van der Waals surface area (Å²) >= 11 is 0. The molecule has 1 aliphatic carbocycles. The second kappa shape index (κ2) is 3.15. The number of ether oxygens (including phenoxy) is 2. The molecule has 0 unspecified atom stereocenters. The van der Waals surface area contributed by atoms with Gasteiger partial charge in [-0.25, -0.2) is 0 Å². The number of fused-ring (bicyclic) bond motifs is 1. The second-order valence-corrected chi connectivity index (χ2v) is 3.54. The van der Waals surface area contributed by atoms with Crippen molar-refractivity contribution in [1.82, 2.24) is 0 Å². The predicted octanol–water partition coefficient (Wildman–Crippen LogP) is 0.769. The number of rotatable bonds is 1. The molecule has 3 atom stereocenters. The van der Waals surface area contributed by atoms with Crippen molar-refractivity contribution in [2.75, 3.05) is 13.7 Å². The molecule has 3 heteroatoms. The maximum Gasteiger partial charge on any atom is 0.164 e. The van der Waals surface area contributed by atoms with E-state index in [1.807, 2.05) is 0 Å². The average Bonchev–Trinajstić information content (AvgIpc) is 2.40. The summed E-state index contributed by atoms with van der Waals surface area (Å²) in [7, 11) is 1.61. The van der Waals surface area contributed by atoms with Gasteiger partial charge in [0.05, 0.1) is 6.10 Å². The fraction of sp³-hybridized carbons (Fsp3) is 0.889. The highest BCUT2D eigenvalue weighted by Gasteiger charge is 2.44. The molecular weight excluding hydrogens is 156 g/mol. The third-order valence-corrected chi connectivity index (χ3v) is 2.85. The summed E-state index contributed by atoms with van der Waals surface area (Å²) < 4.78 is 10.7. The van der Waals surface area contributed by atoms with E-state index in [4.69, 9.17) is 9.47 Å². The summed E-state index contributed by atoms with van der Waals surface area (Å²) in [4.78, 5) is 11.4. The van der Waals surface area contributed by atoms with Gasteiger partial charge < -0.3 is 9.47 Å². The van der Waals surface area contributed by atoms with Crippen LogP contribution in [0, 0.1) is 5.92 Å². The number of carbonyl (C=O) groups is 1. The van der Waals surface area contributed by atoms with Crippen LogP contribution in [0.15, 0.2) is 0 Å². The van der Waals surface area contributed by atoms with Crippen LogP contribution in [0.2, 0.25) is 0 Å². The Morgan fingerprint density at radius 2 is 2.42 bits per heavy atom. The number of ketones is 1. The Balaban J connectivity index is 2.10. The predicted molar refractivity (Wildman–Crippen MR) is 42.9 cm³/mol. The Morgan fingerprint density at radius 3 is 3.17 bits per heavy atom. The maximum absolute atomic E-state index is 11.4. The molecule has 0 spiro atoms. The van der Waals surface area contributed by atoms with Crippen molar-refractivity contribution in [1.29, 1.82) is 0 Å². The van der Waals surface area contributed by atoms with Crippen LogP contribution in [0.1, 0.15) is 19.3 Å². The van der Waals surface area contributed by atoms with Gasteiger partial charge in [0.25, 0.3) is 0 Å². The van der Waals surface area contributed by atoms with E-state index in [1.165, 1.54) is 0 Å². The van der Waals surface area contributed by atoms with Crippen molar-refractivity contribution in [3.63, 3.8) is 0 Å². The van der Waals surface area contributed by atoms with Gasteiger partial charge in [-0.3, -0.25) is 4.79 Å². The SMILES string of the molecule is CO[C@H]1C(=O)C[C@@H]2OCCC[C@@H]21. The van der Waals surface area contributed by atoms with E-state index in [0.29, 0.717) is 12.3 Å². The van der Waals surface area contributed by atoms with E-state index in [1.54, 1.807) is 7.11 Å². The first-order chi connectivity index (χ1) is 5.83. The van der Waals surface area contributed by atoms with E-state index in [0.717, 1.165) is 19.4 Å². The Kier molecular flexibility index (Phi) is 2.15. The highest BCUT2D eigenvalue weighted by atomic mass is 16.5. The van der Waals surface area contributed by atoms with Gasteiger partial charge in [0, 0.05) is 26.1 Å². The molecule has 0 amide bonds. The molecule has 0 bridgehead atoms. The number of carbonyl (C=O) groups excluding carboxylic acids is 1. The molecular formula is C9H14O3. The molecule has 1 heterocycles. The van der Waals surface area contributed by atoms with Gasteiger partial charge in [0.1, 0.15) is 6.10 Å². The summed E-state index contributed by atoms with van der Waals surface area (Å²) in [6.07, 6.45) is 2.67. The van der Waals surface area contributed by atoms with Gasteiger partial charge in [0.15, 0.2) is 5.78 Å². The van der Waals surface area contributed by atoms with Crippen LogP contribution in [0.4, 0.5) is 0 Å². The molecule has 1 aliphatic heterocycles. The molecule has 68 valence electrons.